The van der Waals surface area contributed by atoms with Crippen LogP contribution in [-0.2, 0) is 7.05 Å². The van der Waals surface area contributed by atoms with E-state index in [1.165, 1.54) is 0 Å². The standard InChI is InChI=1S/C11H20N4/c1-7(2)10-13-11(15(3)14-10)8-4-5-9(12)6-8/h7-9H,4-6,12H2,1-3H3. The fourth-order valence-electron chi connectivity index (χ4n) is 2.27. The molecule has 15 heavy (non-hydrogen) atoms. The Balaban J connectivity index is 2.21. The lowest BCUT2D eigenvalue weighted by atomic mass is 10.1. The first-order chi connectivity index (χ1) is 7.08. The van der Waals surface area contributed by atoms with Crippen molar-refractivity contribution in [1.82, 2.24) is 14.8 Å². The van der Waals surface area contributed by atoms with Gasteiger partial charge < -0.3 is 5.73 Å². The third kappa shape index (κ3) is 2.04. The van der Waals surface area contributed by atoms with E-state index in [0.717, 1.165) is 30.9 Å². The van der Waals surface area contributed by atoms with Crippen LogP contribution in [0.1, 0.15) is 56.6 Å². The van der Waals surface area contributed by atoms with Crippen LogP contribution in [0.25, 0.3) is 0 Å². The summed E-state index contributed by atoms with van der Waals surface area (Å²) in [6.45, 7) is 4.25. The van der Waals surface area contributed by atoms with Gasteiger partial charge in [-0.05, 0) is 19.3 Å². The van der Waals surface area contributed by atoms with Gasteiger partial charge >= 0.3 is 0 Å². The molecule has 1 fully saturated rings. The number of rotatable bonds is 2. The van der Waals surface area contributed by atoms with Gasteiger partial charge in [0.15, 0.2) is 5.82 Å². The van der Waals surface area contributed by atoms with E-state index in [0.29, 0.717) is 17.9 Å². The first-order valence-corrected chi connectivity index (χ1v) is 5.74. The molecule has 0 spiro atoms. The molecule has 0 saturated heterocycles. The Bertz CT molecular complexity index is 342. The number of aromatic nitrogens is 3. The summed E-state index contributed by atoms with van der Waals surface area (Å²) < 4.78 is 1.93. The van der Waals surface area contributed by atoms with Crippen LogP contribution >= 0.6 is 0 Å². The predicted octanol–water partition coefficient (Wildman–Crippen LogP) is 1.53. The SMILES string of the molecule is CC(C)c1nc(C2CCC(N)C2)n(C)n1. The van der Waals surface area contributed by atoms with Crippen LogP contribution in [0.3, 0.4) is 0 Å². The summed E-state index contributed by atoms with van der Waals surface area (Å²) in [4.78, 5) is 4.62. The summed E-state index contributed by atoms with van der Waals surface area (Å²) in [5.41, 5.74) is 5.92. The van der Waals surface area contributed by atoms with Crippen LogP contribution in [0.15, 0.2) is 0 Å². The van der Waals surface area contributed by atoms with Gasteiger partial charge in [0, 0.05) is 24.9 Å². The first-order valence-electron chi connectivity index (χ1n) is 5.74. The van der Waals surface area contributed by atoms with Gasteiger partial charge in [-0.1, -0.05) is 13.8 Å². The molecule has 1 aliphatic rings. The van der Waals surface area contributed by atoms with Gasteiger partial charge in [0.2, 0.25) is 0 Å². The molecular weight excluding hydrogens is 188 g/mol. The average Bonchev–Trinajstić information content (AvgIpc) is 2.71. The molecule has 0 amide bonds. The maximum Gasteiger partial charge on any atom is 0.153 e. The summed E-state index contributed by atoms with van der Waals surface area (Å²) in [5, 5.41) is 4.44. The fourth-order valence-corrected chi connectivity index (χ4v) is 2.27. The fraction of sp³-hybridized carbons (Fsp3) is 0.818. The Kier molecular flexibility index (Phi) is 2.78. The van der Waals surface area contributed by atoms with Crippen LogP contribution in [0.4, 0.5) is 0 Å². The highest BCUT2D eigenvalue weighted by Gasteiger charge is 2.27. The van der Waals surface area contributed by atoms with E-state index >= 15 is 0 Å². The van der Waals surface area contributed by atoms with E-state index in [1.807, 2.05) is 11.7 Å². The average molecular weight is 208 g/mol. The van der Waals surface area contributed by atoms with E-state index in [9.17, 15) is 0 Å². The topological polar surface area (TPSA) is 56.7 Å². The molecule has 1 heterocycles. The minimum Gasteiger partial charge on any atom is -0.328 e. The van der Waals surface area contributed by atoms with Gasteiger partial charge in [-0.2, -0.15) is 5.10 Å². The van der Waals surface area contributed by atoms with Crippen molar-refractivity contribution in [1.29, 1.82) is 0 Å². The molecule has 1 aromatic heterocycles. The second-order valence-electron chi connectivity index (χ2n) is 4.88. The zero-order chi connectivity index (χ0) is 11.0. The molecular formula is C11H20N4. The van der Waals surface area contributed by atoms with Gasteiger partial charge in [0.05, 0.1) is 0 Å². The van der Waals surface area contributed by atoms with E-state index in [1.54, 1.807) is 0 Å². The molecule has 0 radical (unpaired) electrons. The molecule has 1 saturated carbocycles. The van der Waals surface area contributed by atoms with Crippen LogP contribution in [-0.4, -0.2) is 20.8 Å². The third-order valence-electron chi connectivity index (χ3n) is 3.17. The lowest BCUT2D eigenvalue weighted by Crippen LogP contribution is -2.15. The molecule has 0 aromatic carbocycles. The van der Waals surface area contributed by atoms with Crippen molar-refractivity contribution in [2.45, 2.75) is 51.0 Å². The van der Waals surface area contributed by atoms with Crippen LogP contribution in [0.2, 0.25) is 0 Å². The van der Waals surface area contributed by atoms with Crippen LogP contribution < -0.4 is 5.73 Å². The van der Waals surface area contributed by atoms with E-state index in [-0.39, 0.29) is 0 Å². The van der Waals surface area contributed by atoms with Crippen molar-refractivity contribution in [2.24, 2.45) is 12.8 Å². The molecule has 2 rings (SSSR count). The minimum absolute atomic E-state index is 0.356. The van der Waals surface area contributed by atoms with Gasteiger partial charge in [-0.15, -0.1) is 0 Å². The third-order valence-corrected chi connectivity index (χ3v) is 3.17. The molecule has 4 nitrogen and oxygen atoms in total. The van der Waals surface area contributed by atoms with E-state index < -0.39 is 0 Å². The summed E-state index contributed by atoms with van der Waals surface area (Å²) in [6, 6.07) is 0.356. The number of nitrogens with zero attached hydrogens (tertiary/aromatic N) is 3. The smallest absolute Gasteiger partial charge is 0.153 e. The lowest BCUT2D eigenvalue weighted by molar-refractivity contribution is 0.590. The van der Waals surface area contributed by atoms with Gasteiger partial charge in [-0.3, -0.25) is 4.68 Å². The summed E-state index contributed by atoms with van der Waals surface area (Å²) in [7, 11) is 1.98. The Hall–Kier alpha value is -0.900. The van der Waals surface area contributed by atoms with Crippen LogP contribution in [0.5, 0.6) is 0 Å². The molecule has 0 aliphatic heterocycles. The van der Waals surface area contributed by atoms with E-state index in [4.69, 9.17) is 5.73 Å². The number of hydrogen-bond acceptors (Lipinski definition) is 3. The summed E-state index contributed by atoms with van der Waals surface area (Å²) in [6.07, 6.45) is 3.34. The Morgan fingerprint density at radius 2 is 2.13 bits per heavy atom. The first kappa shape index (κ1) is 10.6. The van der Waals surface area contributed by atoms with Crippen molar-refractivity contribution >= 4 is 0 Å². The largest absolute Gasteiger partial charge is 0.328 e. The molecule has 1 aromatic rings. The molecule has 2 N–H and O–H groups in total. The van der Waals surface area contributed by atoms with Gasteiger partial charge in [0.1, 0.15) is 5.82 Å². The second kappa shape index (κ2) is 3.93. The lowest BCUT2D eigenvalue weighted by Gasteiger charge is -2.07. The monoisotopic (exact) mass is 208 g/mol. The molecule has 84 valence electrons. The van der Waals surface area contributed by atoms with Crippen molar-refractivity contribution < 1.29 is 0 Å². The zero-order valence-corrected chi connectivity index (χ0v) is 9.77. The number of hydrogen-bond donors (Lipinski definition) is 1. The Labute approximate surface area is 90.9 Å². The highest BCUT2D eigenvalue weighted by molar-refractivity contribution is 5.05. The Morgan fingerprint density at radius 3 is 2.60 bits per heavy atom. The molecule has 4 heteroatoms. The minimum atomic E-state index is 0.356. The Morgan fingerprint density at radius 1 is 1.40 bits per heavy atom. The maximum atomic E-state index is 5.92. The summed E-state index contributed by atoms with van der Waals surface area (Å²) >= 11 is 0. The maximum absolute atomic E-state index is 5.92. The predicted molar refractivity (Wildman–Crippen MR) is 59.7 cm³/mol. The second-order valence-corrected chi connectivity index (χ2v) is 4.88. The molecule has 2 atom stereocenters. The van der Waals surface area contributed by atoms with Crippen molar-refractivity contribution in [3.8, 4) is 0 Å². The van der Waals surface area contributed by atoms with Crippen molar-refractivity contribution in [2.75, 3.05) is 0 Å². The number of aryl methyl sites for hydroxylation is 1. The van der Waals surface area contributed by atoms with E-state index in [2.05, 4.69) is 23.9 Å². The van der Waals surface area contributed by atoms with Gasteiger partial charge in [-0.25, -0.2) is 4.98 Å². The highest BCUT2D eigenvalue weighted by Crippen LogP contribution is 2.32. The molecule has 2 unspecified atom stereocenters. The zero-order valence-electron chi connectivity index (χ0n) is 9.77. The van der Waals surface area contributed by atoms with Gasteiger partial charge in [0.25, 0.3) is 0 Å². The summed E-state index contributed by atoms with van der Waals surface area (Å²) in [5.74, 6) is 2.99. The molecule has 1 aliphatic carbocycles. The van der Waals surface area contributed by atoms with Crippen molar-refractivity contribution in [3.63, 3.8) is 0 Å². The molecule has 0 bridgehead atoms. The highest BCUT2D eigenvalue weighted by atomic mass is 15.3. The van der Waals surface area contributed by atoms with Crippen molar-refractivity contribution in [3.05, 3.63) is 11.6 Å². The normalized spacial score (nSPS) is 26.5. The number of nitrogens with two attached hydrogens (primary N) is 1. The van der Waals surface area contributed by atoms with Crippen LogP contribution in [0, 0.1) is 0 Å². The quantitative estimate of drug-likeness (QED) is 0.802.